The first-order valence-electron chi connectivity index (χ1n) is 9.56. The van der Waals surface area contributed by atoms with Gasteiger partial charge in [0, 0.05) is 19.5 Å². The van der Waals surface area contributed by atoms with Crippen LogP contribution in [0.2, 0.25) is 0 Å². The molecule has 1 atom stereocenters. The third-order valence-corrected chi connectivity index (χ3v) is 4.86. The molecule has 0 aliphatic carbocycles. The molecule has 0 amide bonds. The quantitative estimate of drug-likeness (QED) is 0.424. The molecule has 1 aliphatic rings. The number of carbonyl (C=O) groups excluding carboxylic acids is 1. The van der Waals surface area contributed by atoms with Crippen molar-refractivity contribution in [2.75, 3.05) is 13.1 Å². The Morgan fingerprint density at radius 2 is 1.69 bits per heavy atom. The van der Waals surface area contributed by atoms with Crippen molar-refractivity contribution < 1.29 is 29.7 Å². The first-order chi connectivity index (χ1) is 12.0. The molecule has 7 heteroatoms. The zero-order valence-corrected chi connectivity index (χ0v) is 16.6. The smallest absolute Gasteiger partial charge is 0.350 e. The summed E-state index contributed by atoms with van der Waals surface area (Å²) in [4.78, 5) is 33.0. The monoisotopic (exact) mass is 373 g/mol. The van der Waals surface area contributed by atoms with Gasteiger partial charge in [0.15, 0.2) is 0 Å². The zero-order valence-electron chi connectivity index (χ0n) is 16.6. The normalized spacial score (nSPS) is 17.7. The minimum absolute atomic E-state index is 0.130. The Labute approximate surface area is 156 Å². The maximum absolute atomic E-state index is 12.3. The van der Waals surface area contributed by atoms with Crippen LogP contribution in [0.3, 0.4) is 0 Å². The minimum atomic E-state index is -0.869. The van der Waals surface area contributed by atoms with Crippen molar-refractivity contribution in [3.05, 3.63) is 0 Å². The van der Waals surface area contributed by atoms with Gasteiger partial charge < -0.3 is 10.2 Å². The molecule has 26 heavy (non-hydrogen) atoms. The molecule has 0 spiro atoms. The van der Waals surface area contributed by atoms with E-state index in [4.69, 9.17) is 15.0 Å². The Morgan fingerprint density at radius 1 is 1.08 bits per heavy atom. The summed E-state index contributed by atoms with van der Waals surface area (Å²) in [6.45, 7) is 8.97. The number of nitrogens with zero attached hydrogens (tertiary/aromatic N) is 1. The van der Waals surface area contributed by atoms with E-state index in [0.717, 1.165) is 32.4 Å². The van der Waals surface area contributed by atoms with Crippen LogP contribution in [-0.2, 0) is 19.5 Å². The number of carboxylic acid groups (broad SMARTS) is 1. The van der Waals surface area contributed by atoms with E-state index in [0.29, 0.717) is 19.3 Å². The highest BCUT2D eigenvalue weighted by Gasteiger charge is 2.35. The number of aliphatic hydroxyl groups excluding tert-OH is 1. The minimum Gasteiger partial charge on any atom is -0.481 e. The molecule has 1 rings (SSSR count). The van der Waals surface area contributed by atoms with Crippen LogP contribution in [0.1, 0.15) is 79.1 Å². The molecular weight excluding hydrogens is 338 g/mol. The predicted molar refractivity (Wildman–Crippen MR) is 96.9 cm³/mol. The number of hydrogen-bond donors (Lipinski definition) is 2. The van der Waals surface area contributed by atoms with E-state index in [1.165, 1.54) is 0 Å². The van der Waals surface area contributed by atoms with E-state index in [1.807, 2.05) is 13.8 Å². The van der Waals surface area contributed by atoms with Crippen molar-refractivity contribution >= 4 is 11.9 Å². The number of hydrogen-bond acceptors (Lipinski definition) is 6. The van der Waals surface area contributed by atoms with Crippen molar-refractivity contribution in [1.82, 2.24) is 5.06 Å². The number of piperidine rings is 1. The summed E-state index contributed by atoms with van der Waals surface area (Å²) in [5.41, 5.74) is -1.06. The Balaban J connectivity index is 2.40. The van der Waals surface area contributed by atoms with Crippen LogP contribution in [-0.4, -0.2) is 46.4 Å². The van der Waals surface area contributed by atoms with Gasteiger partial charge in [-0.25, -0.2) is 4.79 Å². The third kappa shape index (κ3) is 8.96. The first-order valence-corrected chi connectivity index (χ1v) is 9.56. The predicted octanol–water partition coefficient (Wildman–Crippen LogP) is 3.31. The molecule has 2 N–H and O–H groups in total. The second-order valence-electron chi connectivity index (χ2n) is 8.79. The van der Waals surface area contributed by atoms with E-state index < -0.39 is 23.5 Å². The van der Waals surface area contributed by atoms with Crippen LogP contribution in [0.5, 0.6) is 0 Å². The van der Waals surface area contributed by atoms with Gasteiger partial charge in [0.1, 0.15) is 0 Å². The molecule has 1 aliphatic heterocycles. The van der Waals surface area contributed by atoms with E-state index in [-0.39, 0.29) is 18.3 Å². The number of carboxylic acids is 1. The summed E-state index contributed by atoms with van der Waals surface area (Å²) >= 11 is 0. The van der Waals surface area contributed by atoms with Crippen molar-refractivity contribution in [2.45, 2.75) is 85.2 Å². The van der Waals surface area contributed by atoms with Gasteiger partial charge in [-0.05, 0) is 57.8 Å². The maximum atomic E-state index is 12.3. The molecule has 0 bridgehead atoms. The largest absolute Gasteiger partial charge is 0.481 e. The molecule has 1 heterocycles. The number of aliphatic hydroxyl groups is 1. The molecule has 1 fully saturated rings. The second-order valence-corrected chi connectivity index (χ2v) is 8.79. The fraction of sp³-hybridized carbons (Fsp3) is 0.895. The Kier molecular flexibility index (Phi) is 9.00. The summed E-state index contributed by atoms with van der Waals surface area (Å²) in [7, 11) is 0. The van der Waals surface area contributed by atoms with Crippen molar-refractivity contribution in [3.8, 4) is 0 Å². The first kappa shape index (κ1) is 22.9. The third-order valence-electron chi connectivity index (χ3n) is 4.86. The SMILES string of the molecule is CC(C)(CCCC(=O)O)CC(O)CC(C)(C)C(=O)OON1CCCCC1. The lowest BCUT2D eigenvalue weighted by atomic mass is 9.77. The van der Waals surface area contributed by atoms with Crippen molar-refractivity contribution in [2.24, 2.45) is 10.8 Å². The van der Waals surface area contributed by atoms with E-state index in [2.05, 4.69) is 0 Å². The average molecular weight is 373 g/mol. The molecule has 0 saturated carbocycles. The van der Waals surface area contributed by atoms with Gasteiger partial charge in [0.25, 0.3) is 0 Å². The second kappa shape index (κ2) is 10.2. The topological polar surface area (TPSA) is 96.3 Å². The summed E-state index contributed by atoms with van der Waals surface area (Å²) in [6.07, 6.45) is 4.70. The highest BCUT2D eigenvalue weighted by Crippen LogP contribution is 2.33. The fourth-order valence-electron chi connectivity index (χ4n) is 3.34. The molecule has 1 saturated heterocycles. The summed E-state index contributed by atoms with van der Waals surface area (Å²) in [6, 6.07) is 0. The van der Waals surface area contributed by atoms with Gasteiger partial charge in [-0.3, -0.25) is 9.68 Å². The fourth-order valence-corrected chi connectivity index (χ4v) is 3.34. The lowest BCUT2D eigenvalue weighted by molar-refractivity contribution is -0.404. The highest BCUT2D eigenvalue weighted by atomic mass is 17.3. The van der Waals surface area contributed by atoms with Gasteiger partial charge in [0.2, 0.25) is 0 Å². The van der Waals surface area contributed by atoms with E-state index >= 15 is 0 Å². The van der Waals surface area contributed by atoms with Crippen LogP contribution in [0.4, 0.5) is 0 Å². The Hall–Kier alpha value is -1.18. The molecule has 1 unspecified atom stereocenters. The Bertz CT molecular complexity index is 457. The number of carbonyl (C=O) groups is 2. The summed E-state index contributed by atoms with van der Waals surface area (Å²) in [5, 5.41) is 20.8. The van der Waals surface area contributed by atoms with Crippen molar-refractivity contribution in [1.29, 1.82) is 0 Å². The molecule has 0 aromatic heterocycles. The molecule has 0 aromatic rings. The standard InChI is InChI=1S/C19H35NO6/c1-18(2,10-8-9-16(22)23)13-15(21)14-19(3,4)17(24)25-26-20-11-6-5-7-12-20/h15,21H,5-14H2,1-4H3,(H,22,23). The van der Waals surface area contributed by atoms with Gasteiger partial charge >= 0.3 is 11.9 Å². The van der Waals surface area contributed by atoms with E-state index in [1.54, 1.807) is 18.9 Å². The maximum Gasteiger partial charge on any atom is 0.350 e. The zero-order chi connectivity index (χ0) is 19.8. The Morgan fingerprint density at radius 3 is 2.27 bits per heavy atom. The number of hydroxylamine groups is 2. The molecule has 0 aromatic carbocycles. The van der Waals surface area contributed by atoms with Crippen LogP contribution in [0, 0.1) is 10.8 Å². The van der Waals surface area contributed by atoms with Crippen LogP contribution in [0.25, 0.3) is 0 Å². The summed E-state index contributed by atoms with van der Waals surface area (Å²) < 4.78 is 0. The summed E-state index contributed by atoms with van der Waals surface area (Å²) in [5.74, 6) is -1.30. The average Bonchev–Trinajstić information content (AvgIpc) is 2.51. The van der Waals surface area contributed by atoms with Gasteiger partial charge in [-0.15, -0.1) is 5.06 Å². The highest BCUT2D eigenvalue weighted by molar-refractivity contribution is 5.75. The molecular formula is C19H35NO6. The lowest BCUT2D eigenvalue weighted by Gasteiger charge is -2.31. The van der Waals surface area contributed by atoms with Crippen LogP contribution in [0.15, 0.2) is 0 Å². The van der Waals surface area contributed by atoms with E-state index in [9.17, 15) is 14.7 Å². The lowest BCUT2D eigenvalue weighted by Crippen LogP contribution is -2.36. The number of rotatable bonds is 11. The van der Waals surface area contributed by atoms with Gasteiger partial charge in [0.05, 0.1) is 11.5 Å². The van der Waals surface area contributed by atoms with Crippen molar-refractivity contribution in [3.63, 3.8) is 0 Å². The molecule has 7 nitrogen and oxygen atoms in total. The van der Waals surface area contributed by atoms with Gasteiger partial charge in [-0.2, -0.15) is 0 Å². The number of aliphatic carboxylic acids is 1. The molecule has 0 radical (unpaired) electrons. The van der Waals surface area contributed by atoms with Gasteiger partial charge in [-0.1, -0.05) is 25.3 Å². The van der Waals surface area contributed by atoms with Crippen LogP contribution < -0.4 is 0 Å². The van der Waals surface area contributed by atoms with Crippen LogP contribution >= 0.6 is 0 Å². The molecule has 152 valence electrons.